The number of aromatic nitrogens is 4. The lowest BCUT2D eigenvalue weighted by Gasteiger charge is -2.05. The average molecular weight is 269 g/mol. The molecular formula is C14H15N5O. The molecule has 0 fully saturated rings. The van der Waals surface area contributed by atoms with E-state index in [1.54, 1.807) is 24.2 Å². The Morgan fingerprint density at radius 1 is 1.30 bits per heavy atom. The van der Waals surface area contributed by atoms with Crippen molar-refractivity contribution in [3.05, 3.63) is 36.7 Å². The summed E-state index contributed by atoms with van der Waals surface area (Å²) in [5.41, 5.74) is 9.70. The van der Waals surface area contributed by atoms with Gasteiger partial charge in [0, 0.05) is 18.8 Å². The van der Waals surface area contributed by atoms with Gasteiger partial charge in [0.05, 0.1) is 18.9 Å². The van der Waals surface area contributed by atoms with Crippen molar-refractivity contribution in [3.63, 3.8) is 0 Å². The van der Waals surface area contributed by atoms with Crippen LogP contribution >= 0.6 is 0 Å². The minimum atomic E-state index is 0.606. The number of benzene rings is 1. The van der Waals surface area contributed by atoms with E-state index < -0.39 is 0 Å². The van der Waals surface area contributed by atoms with E-state index in [2.05, 4.69) is 15.3 Å². The zero-order chi connectivity index (χ0) is 14.1. The molecule has 3 aromatic rings. The van der Waals surface area contributed by atoms with Gasteiger partial charge in [-0.3, -0.25) is 9.78 Å². The van der Waals surface area contributed by atoms with E-state index >= 15 is 0 Å². The van der Waals surface area contributed by atoms with Gasteiger partial charge in [0.1, 0.15) is 17.3 Å². The highest BCUT2D eigenvalue weighted by Gasteiger charge is 2.18. The number of hydrogen-bond acceptors (Lipinski definition) is 4. The monoisotopic (exact) mass is 269 g/mol. The molecule has 0 amide bonds. The summed E-state index contributed by atoms with van der Waals surface area (Å²) in [6.45, 7) is 0. The van der Waals surface area contributed by atoms with E-state index in [1.807, 2.05) is 31.3 Å². The number of aromatic amines is 1. The second-order valence-corrected chi connectivity index (χ2v) is 4.45. The van der Waals surface area contributed by atoms with E-state index in [-0.39, 0.29) is 0 Å². The molecule has 2 heterocycles. The molecule has 20 heavy (non-hydrogen) atoms. The van der Waals surface area contributed by atoms with Crippen LogP contribution in [-0.4, -0.2) is 27.1 Å². The normalized spacial score (nSPS) is 10.7. The van der Waals surface area contributed by atoms with Gasteiger partial charge in [-0.05, 0) is 17.7 Å². The summed E-state index contributed by atoms with van der Waals surface area (Å²) in [5, 5.41) is 11.2. The highest BCUT2D eigenvalue weighted by Crippen LogP contribution is 2.36. The zero-order valence-electron chi connectivity index (χ0n) is 11.3. The molecule has 0 spiro atoms. The summed E-state index contributed by atoms with van der Waals surface area (Å²) < 4.78 is 6.93. The number of methoxy groups -OCH3 is 1. The Bertz CT molecular complexity index is 730. The molecule has 2 aromatic heterocycles. The second-order valence-electron chi connectivity index (χ2n) is 4.45. The predicted octanol–water partition coefficient (Wildman–Crippen LogP) is 2.07. The third-order valence-electron chi connectivity index (χ3n) is 3.22. The van der Waals surface area contributed by atoms with Crippen LogP contribution in [0.25, 0.3) is 22.4 Å². The first-order valence-electron chi connectivity index (χ1n) is 6.16. The fourth-order valence-electron chi connectivity index (χ4n) is 2.18. The summed E-state index contributed by atoms with van der Waals surface area (Å²) >= 11 is 0. The number of aryl methyl sites for hydroxylation is 1. The molecule has 6 nitrogen and oxygen atoms in total. The zero-order valence-corrected chi connectivity index (χ0v) is 11.3. The molecule has 0 aliphatic heterocycles. The summed E-state index contributed by atoms with van der Waals surface area (Å²) in [6.07, 6.45) is 3.52. The third kappa shape index (κ3) is 1.91. The van der Waals surface area contributed by atoms with Crippen molar-refractivity contribution in [1.82, 2.24) is 20.0 Å². The number of nitrogen functional groups attached to an aromatic ring is 1. The number of H-pyrrole nitrogens is 1. The first-order valence-corrected chi connectivity index (χ1v) is 6.16. The molecule has 3 N–H and O–H groups in total. The van der Waals surface area contributed by atoms with Gasteiger partial charge in [-0.1, -0.05) is 12.1 Å². The highest BCUT2D eigenvalue weighted by atomic mass is 16.5. The molecule has 0 atom stereocenters. The maximum absolute atomic E-state index is 6.16. The van der Waals surface area contributed by atoms with Gasteiger partial charge >= 0.3 is 0 Å². The Morgan fingerprint density at radius 2 is 2.15 bits per heavy atom. The van der Waals surface area contributed by atoms with Crippen LogP contribution in [0.2, 0.25) is 0 Å². The Balaban J connectivity index is 2.22. The summed E-state index contributed by atoms with van der Waals surface area (Å²) in [6, 6.07) is 7.75. The number of rotatable bonds is 3. The second kappa shape index (κ2) is 4.73. The van der Waals surface area contributed by atoms with Crippen molar-refractivity contribution >= 4 is 5.82 Å². The van der Waals surface area contributed by atoms with Gasteiger partial charge in [0.25, 0.3) is 0 Å². The number of nitrogens with one attached hydrogen (secondary N) is 1. The molecule has 3 rings (SSSR count). The van der Waals surface area contributed by atoms with Crippen molar-refractivity contribution in [2.24, 2.45) is 7.05 Å². The Morgan fingerprint density at radius 3 is 2.85 bits per heavy atom. The Labute approximate surface area is 116 Å². The van der Waals surface area contributed by atoms with Crippen molar-refractivity contribution in [3.8, 4) is 28.1 Å². The van der Waals surface area contributed by atoms with E-state index in [0.717, 1.165) is 28.1 Å². The van der Waals surface area contributed by atoms with Crippen molar-refractivity contribution in [2.75, 3.05) is 12.8 Å². The fourth-order valence-corrected chi connectivity index (χ4v) is 2.18. The van der Waals surface area contributed by atoms with Crippen LogP contribution in [-0.2, 0) is 7.05 Å². The van der Waals surface area contributed by atoms with Crippen LogP contribution in [0.15, 0.2) is 36.7 Å². The lowest BCUT2D eigenvalue weighted by Crippen LogP contribution is -1.98. The molecule has 1 aromatic carbocycles. The van der Waals surface area contributed by atoms with Gasteiger partial charge in [0.2, 0.25) is 0 Å². The maximum Gasteiger partial charge on any atom is 0.129 e. The summed E-state index contributed by atoms with van der Waals surface area (Å²) in [5.74, 6) is 1.39. The van der Waals surface area contributed by atoms with Crippen molar-refractivity contribution in [1.29, 1.82) is 0 Å². The third-order valence-corrected chi connectivity index (χ3v) is 3.22. The van der Waals surface area contributed by atoms with Crippen LogP contribution in [0.5, 0.6) is 5.75 Å². The lowest BCUT2D eigenvalue weighted by atomic mass is 10.0. The molecule has 0 aliphatic rings. The average Bonchev–Trinajstić information content (AvgIpc) is 3.08. The summed E-state index contributed by atoms with van der Waals surface area (Å²) in [7, 11) is 3.46. The fraction of sp³-hybridized carbons (Fsp3) is 0.143. The molecule has 6 heteroatoms. The predicted molar refractivity (Wildman–Crippen MR) is 77.2 cm³/mol. The van der Waals surface area contributed by atoms with Gasteiger partial charge in [0.15, 0.2) is 0 Å². The van der Waals surface area contributed by atoms with Gasteiger partial charge in [-0.15, -0.1) is 0 Å². The van der Waals surface area contributed by atoms with E-state index in [9.17, 15) is 0 Å². The van der Waals surface area contributed by atoms with Crippen molar-refractivity contribution in [2.45, 2.75) is 0 Å². The van der Waals surface area contributed by atoms with Gasteiger partial charge in [-0.2, -0.15) is 10.2 Å². The first-order chi connectivity index (χ1) is 9.70. The standard InChI is InChI=1S/C14H15N5O/c1-19-14(15)12(9-4-3-5-11(6-9)20-2)13(18-19)10-7-16-17-8-10/h3-8H,15H2,1-2H3,(H,16,17). The quantitative estimate of drug-likeness (QED) is 0.762. The number of nitrogens with zero attached hydrogens (tertiary/aromatic N) is 3. The molecule has 0 bridgehead atoms. The maximum atomic E-state index is 6.16. The van der Waals surface area contributed by atoms with Gasteiger partial charge in [-0.25, -0.2) is 0 Å². The molecule has 0 saturated heterocycles. The van der Waals surface area contributed by atoms with Crippen LogP contribution in [0.4, 0.5) is 5.82 Å². The van der Waals surface area contributed by atoms with Gasteiger partial charge < -0.3 is 10.5 Å². The minimum absolute atomic E-state index is 0.606. The lowest BCUT2D eigenvalue weighted by molar-refractivity contribution is 0.415. The summed E-state index contributed by atoms with van der Waals surface area (Å²) in [4.78, 5) is 0. The molecule has 0 unspecified atom stereocenters. The smallest absolute Gasteiger partial charge is 0.129 e. The molecular weight excluding hydrogens is 254 g/mol. The van der Waals surface area contributed by atoms with E-state index in [1.165, 1.54) is 0 Å². The number of nitrogens with two attached hydrogens (primary N) is 1. The minimum Gasteiger partial charge on any atom is -0.497 e. The molecule has 0 saturated carbocycles. The van der Waals surface area contributed by atoms with Crippen LogP contribution in [0, 0.1) is 0 Å². The van der Waals surface area contributed by atoms with Crippen LogP contribution in [0.1, 0.15) is 0 Å². The van der Waals surface area contributed by atoms with Crippen LogP contribution in [0.3, 0.4) is 0 Å². The largest absolute Gasteiger partial charge is 0.497 e. The first kappa shape index (κ1) is 12.3. The number of anilines is 1. The SMILES string of the molecule is COc1cccc(-c2c(-c3cn[nH]c3)nn(C)c2N)c1. The van der Waals surface area contributed by atoms with E-state index in [0.29, 0.717) is 5.82 Å². The highest BCUT2D eigenvalue weighted by molar-refractivity contribution is 5.88. The molecule has 0 radical (unpaired) electrons. The Kier molecular flexibility index (Phi) is 2.90. The topological polar surface area (TPSA) is 81.8 Å². The van der Waals surface area contributed by atoms with Crippen LogP contribution < -0.4 is 10.5 Å². The Hall–Kier alpha value is -2.76. The molecule has 102 valence electrons. The molecule has 0 aliphatic carbocycles. The number of ether oxygens (including phenoxy) is 1. The van der Waals surface area contributed by atoms with E-state index in [4.69, 9.17) is 10.5 Å². The number of hydrogen-bond donors (Lipinski definition) is 2. The van der Waals surface area contributed by atoms with Crippen molar-refractivity contribution < 1.29 is 4.74 Å².